The van der Waals surface area contributed by atoms with Crippen LogP contribution in [0.4, 0.5) is 4.39 Å². The normalized spacial score (nSPS) is 11.7. The molecule has 0 saturated carbocycles. The third-order valence-electron chi connectivity index (χ3n) is 3.01. The van der Waals surface area contributed by atoms with E-state index in [1.54, 1.807) is 18.2 Å². The van der Waals surface area contributed by atoms with Gasteiger partial charge >= 0.3 is 0 Å². The molecule has 2 rings (SSSR count). The van der Waals surface area contributed by atoms with Gasteiger partial charge in [0.2, 0.25) is 5.91 Å². The number of rotatable bonds is 6. The van der Waals surface area contributed by atoms with Crippen LogP contribution in [0.1, 0.15) is 5.56 Å². The van der Waals surface area contributed by atoms with Crippen molar-refractivity contribution in [3.8, 4) is 0 Å². The fourth-order valence-electron chi connectivity index (χ4n) is 1.77. The summed E-state index contributed by atoms with van der Waals surface area (Å²) in [5.74, 6) is -0.955. The van der Waals surface area contributed by atoms with E-state index >= 15 is 0 Å². The summed E-state index contributed by atoms with van der Waals surface area (Å²) in [7, 11) is -2.47. The molecule has 0 radical (unpaired) electrons. The van der Waals surface area contributed by atoms with Crippen molar-refractivity contribution in [2.45, 2.75) is 10.8 Å². The van der Waals surface area contributed by atoms with Crippen molar-refractivity contribution in [3.05, 3.63) is 52.1 Å². The Morgan fingerprint density at radius 1 is 1.30 bits per heavy atom. The van der Waals surface area contributed by atoms with Gasteiger partial charge in [0, 0.05) is 19.2 Å². The zero-order valence-electron chi connectivity index (χ0n) is 12.1. The van der Waals surface area contributed by atoms with Crippen LogP contribution in [0.25, 0.3) is 0 Å². The van der Waals surface area contributed by atoms with Gasteiger partial charge in [-0.1, -0.05) is 29.8 Å². The molecule has 0 unspecified atom stereocenters. The molecule has 2 aromatic rings. The molecule has 5 nitrogen and oxygen atoms in total. The van der Waals surface area contributed by atoms with Crippen molar-refractivity contribution in [1.29, 1.82) is 0 Å². The van der Waals surface area contributed by atoms with Gasteiger partial charge in [0.05, 0.1) is 10.9 Å². The first kappa shape index (κ1) is 17.9. The van der Waals surface area contributed by atoms with Crippen molar-refractivity contribution >= 4 is 38.9 Å². The predicted octanol–water partition coefficient (Wildman–Crippen LogP) is 2.48. The van der Waals surface area contributed by atoms with Crippen LogP contribution in [-0.4, -0.2) is 32.2 Å². The smallest absolute Gasteiger partial charge is 0.252 e. The molecule has 124 valence electrons. The lowest BCUT2D eigenvalue weighted by Crippen LogP contribution is -2.37. The molecule has 1 amide bonds. The minimum Gasteiger partial charge on any atom is -0.351 e. The number of halogens is 2. The Balaban J connectivity index is 1.96. The highest BCUT2D eigenvalue weighted by molar-refractivity contribution is 7.91. The van der Waals surface area contributed by atoms with Crippen LogP contribution in [0.2, 0.25) is 4.34 Å². The standard InChI is InChI=1S/C14H14ClFN2O3S2/c1-18(23(20,21)14-7-6-12(15)22-14)9-13(19)17-8-10-4-2-3-5-11(10)16/h2-7H,8-9H2,1H3,(H,17,19). The molecule has 1 aromatic heterocycles. The lowest BCUT2D eigenvalue weighted by Gasteiger charge is -2.15. The molecular weight excluding hydrogens is 363 g/mol. The maximum Gasteiger partial charge on any atom is 0.252 e. The second kappa shape index (κ2) is 7.39. The van der Waals surface area contributed by atoms with E-state index in [1.807, 2.05) is 0 Å². The summed E-state index contributed by atoms with van der Waals surface area (Å²) in [6, 6.07) is 8.90. The number of amides is 1. The number of hydrogen-bond acceptors (Lipinski definition) is 4. The second-order valence-corrected chi connectivity index (χ2v) is 8.67. The Bertz CT molecular complexity index is 808. The molecule has 23 heavy (non-hydrogen) atoms. The fraction of sp³-hybridized carbons (Fsp3) is 0.214. The molecule has 0 spiro atoms. The van der Waals surface area contributed by atoms with Crippen LogP contribution in [0, 0.1) is 5.82 Å². The summed E-state index contributed by atoms with van der Waals surface area (Å²) in [6.07, 6.45) is 0. The van der Waals surface area contributed by atoms with Gasteiger partial charge in [0.25, 0.3) is 10.0 Å². The Kier molecular flexibility index (Phi) is 5.74. The number of carbonyl (C=O) groups is 1. The van der Waals surface area contributed by atoms with Crippen LogP contribution < -0.4 is 5.32 Å². The summed E-state index contributed by atoms with van der Waals surface area (Å²) in [4.78, 5) is 11.9. The number of sulfonamides is 1. The van der Waals surface area contributed by atoms with Crippen molar-refractivity contribution < 1.29 is 17.6 Å². The lowest BCUT2D eigenvalue weighted by molar-refractivity contribution is -0.121. The summed E-state index contributed by atoms with van der Waals surface area (Å²) in [6.45, 7) is -0.378. The van der Waals surface area contributed by atoms with E-state index in [0.717, 1.165) is 15.6 Å². The lowest BCUT2D eigenvalue weighted by atomic mass is 10.2. The SMILES string of the molecule is CN(CC(=O)NCc1ccccc1F)S(=O)(=O)c1ccc(Cl)s1. The average Bonchev–Trinajstić information content (AvgIpc) is 2.93. The Hall–Kier alpha value is -1.48. The van der Waals surface area contributed by atoms with E-state index in [9.17, 15) is 17.6 Å². The predicted molar refractivity (Wildman–Crippen MR) is 87.4 cm³/mol. The van der Waals surface area contributed by atoms with Crippen LogP contribution >= 0.6 is 22.9 Å². The first-order valence-electron chi connectivity index (χ1n) is 6.52. The summed E-state index contributed by atoms with van der Waals surface area (Å²) < 4.78 is 39.3. The largest absolute Gasteiger partial charge is 0.351 e. The molecule has 0 aliphatic rings. The molecule has 0 fully saturated rings. The Morgan fingerprint density at radius 3 is 2.61 bits per heavy atom. The summed E-state index contributed by atoms with van der Waals surface area (Å²) >= 11 is 6.65. The topological polar surface area (TPSA) is 66.5 Å². The van der Waals surface area contributed by atoms with Crippen molar-refractivity contribution in [2.75, 3.05) is 13.6 Å². The van der Waals surface area contributed by atoms with Gasteiger partial charge in [0.15, 0.2) is 0 Å². The molecule has 1 N–H and O–H groups in total. The Labute approximate surface area is 142 Å². The molecule has 0 atom stereocenters. The van der Waals surface area contributed by atoms with Gasteiger partial charge < -0.3 is 5.32 Å². The zero-order chi connectivity index (χ0) is 17.0. The van der Waals surface area contributed by atoms with Gasteiger partial charge in [-0.3, -0.25) is 4.79 Å². The second-order valence-electron chi connectivity index (χ2n) is 4.69. The highest BCUT2D eigenvalue weighted by atomic mass is 35.5. The van der Waals surface area contributed by atoms with E-state index < -0.39 is 21.7 Å². The monoisotopic (exact) mass is 376 g/mol. The highest BCUT2D eigenvalue weighted by Crippen LogP contribution is 2.27. The van der Waals surface area contributed by atoms with Crippen molar-refractivity contribution in [3.63, 3.8) is 0 Å². The third kappa shape index (κ3) is 4.51. The van der Waals surface area contributed by atoms with Gasteiger partial charge in [-0.15, -0.1) is 11.3 Å². The van der Waals surface area contributed by atoms with Crippen LogP contribution in [0.5, 0.6) is 0 Å². The highest BCUT2D eigenvalue weighted by Gasteiger charge is 2.24. The third-order valence-corrected chi connectivity index (χ3v) is 6.52. The van der Waals surface area contributed by atoms with E-state index in [1.165, 1.54) is 25.2 Å². The van der Waals surface area contributed by atoms with Crippen molar-refractivity contribution in [2.24, 2.45) is 0 Å². The fourth-order valence-corrected chi connectivity index (χ4v) is 4.59. The quantitative estimate of drug-likeness (QED) is 0.842. The number of likely N-dealkylation sites (N-methyl/N-ethyl adjacent to an activating group) is 1. The summed E-state index contributed by atoms with van der Waals surface area (Å²) in [5.41, 5.74) is 0.330. The first-order valence-corrected chi connectivity index (χ1v) is 9.16. The Morgan fingerprint density at radius 2 is 2.00 bits per heavy atom. The number of benzene rings is 1. The van der Waals surface area contributed by atoms with Gasteiger partial charge in [0.1, 0.15) is 10.0 Å². The minimum atomic E-state index is -3.77. The molecule has 1 heterocycles. The number of nitrogens with one attached hydrogen (secondary N) is 1. The minimum absolute atomic E-state index is 0.00970. The molecule has 1 aromatic carbocycles. The van der Waals surface area contributed by atoms with E-state index in [2.05, 4.69) is 5.32 Å². The molecule has 0 bridgehead atoms. The molecule has 0 saturated heterocycles. The maximum absolute atomic E-state index is 13.4. The average molecular weight is 377 g/mol. The number of nitrogens with zero attached hydrogens (tertiary/aromatic N) is 1. The van der Waals surface area contributed by atoms with E-state index in [0.29, 0.717) is 9.90 Å². The number of thiophene rings is 1. The van der Waals surface area contributed by atoms with Gasteiger partial charge in [-0.25, -0.2) is 12.8 Å². The maximum atomic E-state index is 13.4. The number of hydrogen-bond donors (Lipinski definition) is 1. The van der Waals surface area contributed by atoms with Gasteiger partial charge in [-0.05, 0) is 18.2 Å². The van der Waals surface area contributed by atoms with Crippen LogP contribution in [0.15, 0.2) is 40.6 Å². The van der Waals surface area contributed by atoms with E-state index in [-0.39, 0.29) is 17.3 Å². The van der Waals surface area contributed by atoms with E-state index in [4.69, 9.17) is 11.6 Å². The number of carbonyl (C=O) groups excluding carboxylic acids is 1. The van der Waals surface area contributed by atoms with Crippen molar-refractivity contribution in [1.82, 2.24) is 9.62 Å². The molecular formula is C14H14ClFN2O3S2. The molecule has 0 aliphatic heterocycles. The molecule has 9 heteroatoms. The summed E-state index contributed by atoms with van der Waals surface area (Å²) in [5, 5.41) is 2.49. The van der Waals surface area contributed by atoms with Gasteiger partial charge in [-0.2, -0.15) is 4.31 Å². The molecule has 0 aliphatic carbocycles. The first-order chi connectivity index (χ1) is 10.8. The van der Waals surface area contributed by atoms with Crippen LogP contribution in [0.3, 0.4) is 0 Å². The zero-order valence-corrected chi connectivity index (χ0v) is 14.5. The van der Waals surface area contributed by atoms with Crippen LogP contribution in [-0.2, 0) is 21.4 Å².